The Morgan fingerprint density at radius 1 is 1.02 bits per heavy atom. The van der Waals surface area contributed by atoms with Crippen LogP contribution in [-0.4, -0.2) is 82.4 Å². The highest BCUT2D eigenvalue weighted by Crippen LogP contribution is 2.41. The summed E-state index contributed by atoms with van der Waals surface area (Å²) in [6.07, 6.45) is 1.44. The molecule has 5 rings (SSSR count). The summed E-state index contributed by atoms with van der Waals surface area (Å²) in [5, 5.41) is 6.98. The number of methoxy groups -OCH3 is 1. The highest BCUT2D eigenvalue weighted by Gasteiger charge is 2.45. The van der Waals surface area contributed by atoms with E-state index in [9.17, 15) is 13.2 Å². The molecule has 0 saturated carbocycles. The molecule has 0 radical (unpaired) electrons. The first-order chi connectivity index (χ1) is 23.7. The first kappa shape index (κ1) is 41.1. The van der Waals surface area contributed by atoms with E-state index in [1.165, 1.54) is 13.1 Å². The van der Waals surface area contributed by atoms with Gasteiger partial charge in [-0.1, -0.05) is 41.5 Å². The van der Waals surface area contributed by atoms with Gasteiger partial charge >= 0.3 is 12.2 Å². The zero-order chi connectivity index (χ0) is 37.3. The van der Waals surface area contributed by atoms with Gasteiger partial charge in [-0.15, -0.1) is 0 Å². The summed E-state index contributed by atoms with van der Waals surface area (Å²) < 4.78 is 70.3. The Balaban J connectivity index is 0.00000163. The van der Waals surface area contributed by atoms with Crippen LogP contribution in [0.4, 0.5) is 29.2 Å². The number of ether oxygens (including phenoxy) is 2. The summed E-state index contributed by atoms with van der Waals surface area (Å²) in [4.78, 5) is 19.4. The first-order valence-corrected chi connectivity index (χ1v) is 17.8. The molecule has 3 aromatic heterocycles. The predicted octanol–water partition coefficient (Wildman–Crippen LogP) is 7.65. The molecule has 280 valence electrons. The predicted molar refractivity (Wildman–Crippen MR) is 192 cm³/mol. The second kappa shape index (κ2) is 17.7. The van der Waals surface area contributed by atoms with E-state index in [2.05, 4.69) is 56.2 Å². The number of pyridine rings is 2. The summed E-state index contributed by atoms with van der Waals surface area (Å²) in [7, 11) is 1.66. The Labute approximate surface area is 294 Å². The number of nitrogens with two attached hydrogens (primary N) is 1. The van der Waals surface area contributed by atoms with E-state index in [0.29, 0.717) is 32.2 Å². The zero-order valence-corrected chi connectivity index (χ0v) is 31.2. The minimum atomic E-state index is -4.82. The molecule has 2 aliphatic heterocycles. The third-order valence-electron chi connectivity index (χ3n) is 8.98. The number of alkyl halides is 3. The lowest BCUT2D eigenvalue weighted by Gasteiger charge is -2.32. The van der Waals surface area contributed by atoms with Gasteiger partial charge in [0.2, 0.25) is 0 Å². The van der Waals surface area contributed by atoms with E-state index in [0.717, 1.165) is 51.3 Å². The van der Waals surface area contributed by atoms with E-state index in [4.69, 9.17) is 15.2 Å². The van der Waals surface area contributed by atoms with Crippen LogP contribution in [0.3, 0.4) is 0 Å². The van der Waals surface area contributed by atoms with E-state index in [1.807, 2.05) is 27.7 Å². The van der Waals surface area contributed by atoms with Crippen LogP contribution in [0.1, 0.15) is 91.7 Å². The molecule has 2 aliphatic rings. The van der Waals surface area contributed by atoms with Crippen LogP contribution in [0.2, 0.25) is 0 Å². The minimum absolute atomic E-state index is 0.0658. The fourth-order valence-electron chi connectivity index (χ4n) is 7.23. The molecule has 5 heterocycles. The number of aromatic nitrogens is 4. The van der Waals surface area contributed by atoms with Crippen molar-refractivity contribution in [3.63, 3.8) is 0 Å². The molecular formula is C36H56F4N8O2. The van der Waals surface area contributed by atoms with Crippen LogP contribution < -0.4 is 21.1 Å². The molecule has 50 heavy (non-hydrogen) atoms. The van der Waals surface area contributed by atoms with Gasteiger partial charge in [-0.25, -0.2) is 9.37 Å². The van der Waals surface area contributed by atoms with Crippen molar-refractivity contribution in [2.75, 3.05) is 57.6 Å². The quantitative estimate of drug-likeness (QED) is 0.121. The fraction of sp³-hybridized carbons (Fsp3) is 0.667. The number of hydrogen-bond donors (Lipinski definition) is 3. The van der Waals surface area contributed by atoms with Gasteiger partial charge in [-0.05, 0) is 76.6 Å². The Morgan fingerprint density at radius 3 is 2.28 bits per heavy atom. The van der Waals surface area contributed by atoms with E-state index < -0.39 is 28.9 Å². The number of rotatable bonds is 13. The van der Waals surface area contributed by atoms with Crippen molar-refractivity contribution in [1.82, 2.24) is 30.2 Å². The molecule has 1 atom stereocenters. The maximum absolute atomic E-state index is 16.3. The standard InChI is InChI=1S/C32H44F4N8O2.2C2H6/c1-19(2)15-30(4,17-45-5)40-11-10-38-28-21-16-39-27(26-23(32(34,35)36)20(3)14-22(37)41-26)24(33)25(21)42-29(43-28)46-18-31-8-6-12-44(31)13-7-9-31;2*1-2/h14,16,19,40H,6-13,15,17-18H2,1-5H3,(H2,37,41)(H,38,42,43);2*1-2H3. The monoisotopic (exact) mass is 708 g/mol. The topological polar surface area (TPSA) is 123 Å². The van der Waals surface area contributed by atoms with Crippen LogP contribution in [0, 0.1) is 18.7 Å². The second-order valence-electron chi connectivity index (χ2n) is 13.3. The summed E-state index contributed by atoms with van der Waals surface area (Å²) >= 11 is 0. The maximum atomic E-state index is 16.3. The fourth-order valence-corrected chi connectivity index (χ4v) is 7.23. The number of hydrogen-bond acceptors (Lipinski definition) is 10. The smallest absolute Gasteiger partial charge is 0.418 e. The Bertz CT molecular complexity index is 1550. The molecule has 14 heteroatoms. The highest BCUT2D eigenvalue weighted by atomic mass is 19.4. The lowest BCUT2D eigenvalue weighted by molar-refractivity contribution is -0.137. The SMILES string of the molecule is CC.CC.COCC(C)(CC(C)C)NCCNc1nc(OCC23CCCN2CCC3)nc2c(F)c(-c3nc(N)cc(C)c3C(F)(F)F)ncc12. The van der Waals surface area contributed by atoms with Crippen LogP contribution >= 0.6 is 0 Å². The van der Waals surface area contributed by atoms with Gasteiger partial charge in [0.25, 0.3) is 0 Å². The van der Waals surface area contributed by atoms with Crippen molar-refractivity contribution in [2.24, 2.45) is 5.92 Å². The van der Waals surface area contributed by atoms with Crippen molar-refractivity contribution in [3.8, 4) is 17.4 Å². The molecule has 0 bridgehead atoms. The molecule has 3 aromatic rings. The van der Waals surface area contributed by atoms with Crippen LogP contribution in [0.15, 0.2) is 12.3 Å². The third-order valence-corrected chi connectivity index (χ3v) is 8.98. The zero-order valence-electron chi connectivity index (χ0n) is 31.2. The number of nitrogens with one attached hydrogen (secondary N) is 2. The van der Waals surface area contributed by atoms with E-state index in [1.54, 1.807) is 7.11 Å². The summed E-state index contributed by atoms with van der Waals surface area (Å²) in [5.74, 6) is -0.545. The molecule has 0 amide bonds. The lowest BCUT2D eigenvalue weighted by atomic mass is 9.91. The van der Waals surface area contributed by atoms with Crippen LogP contribution in [0.25, 0.3) is 22.3 Å². The second-order valence-corrected chi connectivity index (χ2v) is 13.3. The number of halogens is 4. The molecule has 0 spiro atoms. The number of aryl methyl sites for hydroxylation is 1. The highest BCUT2D eigenvalue weighted by molar-refractivity contribution is 5.91. The molecular weight excluding hydrogens is 652 g/mol. The summed E-state index contributed by atoms with van der Waals surface area (Å²) in [6.45, 7) is 19.4. The average Bonchev–Trinajstić information content (AvgIpc) is 3.64. The number of fused-ring (bicyclic) bond motifs is 2. The van der Waals surface area contributed by atoms with Crippen LogP contribution in [0.5, 0.6) is 6.01 Å². The van der Waals surface area contributed by atoms with Gasteiger partial charge < -0.3 is 25.8 Å². The first-order valence-electron chi connectivity index (χ1n) is 17.8. The number of nitrogen functional groups attached to an aromatic ring is 1. The van der Waals surface area contributed by atoms with Crippen molar-refractivity contribution in [3.05, 3.63) is 29.2 Å². The van der Waals surface area contributed by atoms with Gasteiger partial charge in [0, 0.05) is 31.9 Å². The Morgan fingerprint density at radius 2 is 1.68 bits per heavy atom. The van der Waals surface area contributed by atoms with Gasteiger partial charge in [0.05, 0.1) is 23.1 Å². The Hall–Kier alpha value is -3.36. The number of anilines is 2. The van der Waals surface area contributed by atoms with Gasteiger partial charge in [0.1, 0.15) is 35.1 Å². The molecule has 4 N–H and O–H groups in total. The lowest BCUT2D eigenvalue weighted by Crippen LogP contribution is -2.48. The average molecular weight is 709 g/mol. The van der Waals surface area contributed by atoms with E-state index in [-0.39, 0.29) is 45.2 Å². The molecule has 10 nitrogen and oxygen atoms in total. The van der Waals surface area contributed by atoms with Crippen molar-refractivity contribution >= 4 is 22.5 Å². The van der Waals surface area contributed by atoms with Crippen molar-refractivity contribution in [1.29, 1.82) is 0 Å². The van der Waals surface area contributed by atoms with Gasteiger partial charge in [-0.3, -0.25) is 9.88 Å². The molecule has 2 saturated heterocycles. The van der Waals surface area contributed by atoms with Crippen LogP contribution in [-0.2, 0) is 10.9 Å². The van der Waals surface area contributed by atoms with Crippen molar-refractivity contribution < 1.29 is 27.0 Å². The van der Waals surface area contributed by atoms with Gasteiger partial charge in [0.15, 0.2) is 5.82 Å². The van der Waals surface area contributed by atoms with E-state index >= 15 is 4.39 Å². The van der Waals surface area contributed by atoms with Crippen molar-refractivity contribution in [2.45, 2.75) is 105 Å². The summed E-state index contributed by atoms with van der Waals surface area (Å²) in [5.41, 5.74) is 2.60. The molecule has 2 fully saturated rings. The molecule has 1 unspecified atom stereocenters. The van der Waals surface area contributed by atoms with Gasteiger partial charge in [-0.2, -0.15) is 23.1 Å². The molecule has 0 aliphatic carbocycles. The Kier molecular flexibility index (Phi) is 14.6. The maximum Gasteiger partial charge on any atom is 0.418 e. The normalized spacial score (nSPS) is 16.7. The largest absolute Gasteiger partial charge is 0.461 e. The molecule has 0 aromatic carbocycles. The minimum Gasteiger partial charge on any atom is -0.461 e. The third kappa shape index (κ3) is 9.49. The number of nitrogens with zero attached hydrogens (tertiary/aromatic N) is 5. The summed E-state index contributed by atoms with van der Waals surface area (Å²) in [6, 6.07) is 1.03.